The van der Waals surface area contributed by atoms with Crippen molar-refractivity contribution in [1.82, 2.24) is 24.1 Å². The SMILES string of the molecule is O=S(=O)(NCCCNc1nccc(-c2c(-c3cccc(O)c3)nc3sccn23)n1)c1cccc(F)c1. The highest BCUT2D eigenvalue weighted by Crippen LogP contribution is 2.34. The highest BCUT2D eigenvalue weighted by atomic mass is 32.2. The lowest BCUT2D eigenvalue weighted by Crippen LogP contribution is -2.26. The third-order valence-electron chi connectivity index (χ3n) is 5.32. The fourth-order valence-corrected chi connectivity index (χ4v) is 5.49. The molecule has 3 aromatic heterocycles. The van der Waals surface area contributed by atoms with Crippen LogP contribution in [0, 0.1) is 5.82 Å². The lowest BCUT2D eigenvalue weighted by atomic mass is 10.1. The highest BCUT2D eigenvalue weighted by Gasteiger charge is 2.19. The maximum absolute atomic E-state index is 13.3. The number of sulfonamides is 1. The molecule has 0 bridgehead atoms. The molecule has 0 atom stereocenters. The molecule has 12 heteroatoms. The standard InChI is InChI=1S/C24H21FN6O3S2/c25-17-5-2-7-19(15-17)36(33,34)28-10-3-9-26-23-27-11-8-20(29-23)22-21(16-4-1-6-18(32)14-16)30-24-31(22)12-13-35-24/h1-2,4-8,11-15,28,32H,3,9-10H2,(H,26,27,29). The fraction of sp³-hybridized carbons (Fsp3) is 0.125. The molecule has 36 heavy (non-hydrogen) atoms. The molecule has 9 nitrogen and oxygen atoms in total. The number of nitrogens with one attached hydrogen (secondary N) is 2. The van der Waals surface area contributed by atoms with Crippen LogP contribution >= 0.6 is 11.3 Å². The monoisotopic (exact) mass is 524 g/mol. The van der Waals surface area contributed by atoms with Gasteiger partial charge in [0.2, 0.25) is 16.0 Å². The van der Waals surface area contributed by atoms with E-state index in [0.717, 1.165) is 22.3 Å². The molecule has 0 unspecified atom stereocenters. The molecule has 5 aromatic rings. The normalized spacial score (nSPS) is 11.7. The number of aromatic hydroxyl groups is 1. The van der Waals surface area contributed by atoms with E-state index in [9.17, 15) is 17.9 Å². The molecule has 2 aromatic carbocycles. The summed E-state index contributed by atoms with van der Waals surface area (Å²) in [4.78, 5) is 14.3. The summed E-state index contributed by atoms with van der Waals surface area (Å²) in [5, 5.41) is 15.0. The number of aromatic nitrogens is 4. The first-order valence-electron chi connectivity index (χ1n) is 11.0. The zero-order valence-electron chi connectivity index (χ0n) is 18.8. The van der Waals surface area contributed by atoms with Crippen LogP contribution in [0.4, 0.5) is 10.3 Å². The number of anilines is 1. The zero-order valence-corrected chi connectivity index (χ0v) is 20.4. The average Bonchev–Trinajstić information content (AvgIpc) is 3.45. The Labute approximate surface area is 210 Å². The van der Waals surface area contributed by atoms with Crippen molar-refractivity contribution < 1.29 is 17.9 Å². The van der Waals surface area contributed by atoms with Gasteiger partial charge in [-0.1, -0.05) is 18.2 Å². The number of hydrogen-bond acceptors (Lipinski definition) is 8. The molecule has 0 saturated heterocycles. The summed E-state index contributed by atoms with van der Waals surface area (Å²) in [6.45, 7) is 0.570. The number of halogens is 1. The van der Waals surface area contributed by atoms with E-state index in [2.05, 4.69) is 20.0 Å². The summed E-state index contributed by atoms with van der Waals surface area (Å²) in [6, 6.07) is 13.5. The second-order valence-electron chi connectivity index (χ2n) is 7.82. The molecular weight excluding hydrogens is 503 g/mol. The van der Waals surface area contributed by atoms with E-state index in [1.807, 2.05) is 22.0 Å². The van der Waals surface area contributed by atoms with Crippen LogP contribution in [0.2, 0.25) is 0 Å². The predicted octanol–water partition coefficient (Wildman–Crippen LogP) is 4.15. The maximum Gasteiger partial charge on any atom is 0.240 e. The van der Waals surface area contributed by atoms with Crippen molar-refractivity contribution in [3.63, 3.8) is 0 Å². The van der Waals surface area contributed by atoms with Crippen LogP contribution < -0.4 is 10.0 Å². The van der Waals surface area contributed by atoms with Crippen molar-refractivity contribution in [3.05, 3.63) is 78.2 Å². The molecule has 0 radical (unpaired) electrons. The van der Waals surface area contributed by atoms with Gasteiger partial charge in [0.1, 0.15) is 17.3 Å². The largest absolute Gasteiger partial charge is 0.508 e. The molecule has 3 heterocycles. The van der Waals surface area contributed by atoms with Crippen LogP contribution in [0.15, 0.2) is 77.3 Å². The third kappa shape index (κ3) is 5.05. The Balaban J connectivity index is 1.28. The number of rotatable bonds is 9. The van der Waals surface area contributed by atoms with E-state index in [4.69, 9.17) is 4.98 Å². The predicted molar refractivity (Wildman–Crippen MR) is 136 cm³/mol. The lowest BCUT2D eigenvalue weighted by molar-refractivity contribution is 0.475. The molecule has 0 aliphatic heterocycles. The third-order valence-corrected chi connectivity index (χ3v) is 7.53. The van der Waals surface area contributed by atoms with Gasteiger partial charge in [0.25, 0.3) is 0 Å². The molecule has 3 N–H and O–H groups in total. The van der Waals surface area contributed by atoms with Crippen molar-refractivity contribution in [3.8, 4) is 28.4 Å². The summed E-state index contributed by atoms with van der Waals surface area (Å²) in [7, 11) is -3.79. The Morgan fingerprint density at radius 2 is 1.92 bits per heavy atom. The van der Waals surface area contributed by atoms with Crippen molar-refractivity contribution >= 4 is 32.3 Å². The molecule has 0 fully saturated rings. The number of nitrogens with zero attached hydrogens (tertiary/aromatic N) is 4. The van der Waals surface area contributed by atoms with E-state index in [1.54, 1.807) is 30.5 Å². The first kappa shape index (κ1) is 23.9. The quantitative estimate of drug-likeness (QED) is 0.248. The molecule has 0 aliphatic rings. The van der Waals surface area contributed by atoms with Crippen molar-refractivity contribution in [1.29, 1.82) is 0 Å². The maximum atomic E-state index is 13.3. The van der Waals surface area contributed by atoms with Crippen LogP contribution in [0.3, 0.4) is 0 Å². The first-order chi connectivity index (χ1) is 17.4. The number of thiazole rings is 1. The van der Waals surface area contributed by atoms with Crippen LogP contribution in [-0.4, -0.2) is 46.0 Å². The van der Waals surface area contributed by atoms with E-state index in [0.29, 0.717) is 30.3 Å². The molecule has 5 rings (SSSR count). The van der Waals surface area contributed by atoms with Gasteiger partial charge in [-0.05, 0) is 42.8 Å². The van der Waals surface area contributed by atoms with Gasteiger partial charge < -0.3 is 10.4 Å². The summed E-state index contributed by atoms with van der Waals surface area (Å²) < 4.78 is 42.3. The zero-order chi connectivity index (χ0) is 25.1. The number of imidazole rings is 1. The van der Waals surface area contributed by atoms with Gasteiger partial charge in [0, 0.05) is 36.4 Å². The molecule has 0 aliphatic carbocycles. The van der Waals surface area contributed by atoms with E-state index in [-0.39, 0.29) is 17.2 Å². The Hall–Kier alpha value is -3.87. The second kappa shape index (κ2) is 10.0. The van der Waals surface area contributed by atoms with Crippen molar-refractivity contribution in [2.75, 3.05) is 18.4 Å². The van der Waals surface area contributed by atoms with Crippen LogP contribution in [0.25, 0.3) is 27.6 Å². The van der Waals surface area contributed by atoms with Gasteiger partial charge in [-0.15, -0.1) is 11.3 Å². The smallest absolute Gasteiger partial charge is 0.240 e. The molecular formula is C24H21FN6O3S2. The molecule has 184 valence electrons. The number of phenols is 1. The van der Waals surface area contributed by atoms with Gasteiger partial charge in [-0.3, -0.25) is 4.40 Å². The minimum absolute atomic E-state index is 0.116. The minimum atomic E-state index is -3.79. The van der Waals surface area contributed by atoms with Crippen molar-refractivity contribution in [2.24, 2.45) is 0 Å². The van der Waals surface area contributed by atoms with Crippen LogP contribution in [-0.2, 0) is 10.0 Å². The molecule has 0 saturated carbocycles. The second-order valence-corrected chi connectivity index (χ2v) is 10.5. The number of hydrogen-bond donors (Lipinski definition) is 3. The van der Waals surface area contributed by atoms with Crippen molar-refractivity contribution in [2.45, 2.75) is 11.3 Å². The Morgan fingerprint density at radius 1 is 1.06 bits per heavy atom. The average molecular weight is 525 g/mol. The lowest BCUT2D eigenvalue weighted by Gasteiger charge is -2.09. The Bertz CT molecular complexity index is 1630. The number of benzene rings is 2. The van der Waals surface area contributed by atoms with Gasteiger partial charge in [0.05, 0.1) is 16.3 Å². The van der Waals surface area contributed by atoms with Gasteiger partial charge >= 0.3 is 0 Å². The summed E-state index contributed by atoms with van der Waals surface area (Å²) in [5.41, 5.74) is 2.86. The number of phenolic OH excluding ortho intramolecular Hbond substituents is 1. The number of fused-ring (bicyclic) bond motifs is 1. The first-order valence-corrected chi connectivity index (χ1v) is 13.3. The molecule has 0 spiro atoms. The summed E-state index contributed by atoms with van der Waals surface area (Å²) >= 11 is 1.49. The highest BCUT2D eigenvalue weighted by molar-refractivity contribution is 7.89. The molecule has 0 amide bonds. The Morgan fingerprint density at radius 3 is 2.75 bits per heavy atom. The minimum Gasteiger partial charge on any atom is -0.508 e. The van der Waals surface area contributed by atoms with Crippen LogP contribution in [0.5, 0.6) is 5.75 Å². The van der Waals surface area contributed by atoms with Gasteiger partial charge in [-0.2, -0.15) is 0 Å². The Kier molecular flexibility index (Phi) is 6.63. The van der Waals surface area contributed by atoms with E-state index in [1.165, 1.54) is 29.5 Å². The van der Waals surface area contributed by atoms with Gasteiger partial charge in [-0.25, -0.2) is 32.5 Å². The topological polar surface area (TPSA) is 122 Å². The summed E-state index contributed by atoms with van der Waals surface area (Å²) in [5.74, 6) is -0.0814. The van der Waals surface area contributed by atoms with E-state index >= 15 is 0 Å². The van der Waals surface area contributed by atoms with Gasteiger partial charge in [0.15, 0.2) is 4.96 Å². The fourth-order valence-electron chi connectivity index (χ4n) is 3.67. The van der Waals surface area contributed by atoms with E-state index < -0.39 is 15.8 Å². The van der Waals surface area contributed by atoms with Crippen LogP contribution in [0.1, 0.15) is 6.42 Å². The summed E-state index contributed by atoms with van der Waals surface area (Å²) in [6.07, 6.45) is 4.00.